The summed E-state index contributed by atoms with van der Waals surface area (Å²) >= 11 is 0. The van der Waals surface area contributed by atoms with Gasteiger partial charge in [0.15, 0.2) is 0 Å². The molecule has 1 heteroatoms. The number of hydrogen-bond acceptors (Lipinski definition) is 1. The second kappa shape index (κ2) is 4.19. The van der Waals surface area contributed by atoms with Crippen LogP contribution in [0.1, 0.15) is 25.3 Å². The quantitative estimate of drug-likeness (QED) is 0.731. The maximum atomic E-state index is 9.77. The summed E-state index contributed by atoms with van der Waals surface area (Å²) in [6.45, 7) is 1.88. The molecule has 0 aliphatic heterocycles. The highest BCUT2D eigenvalue weighted by molar-refractivity contribution is 5.17. The smallest absolute Gasteiger partial charge is 0.0800 e. The Morgan fingerprint density at radius 3 is 2.67 bits per heavy atom. The fourth-order valence-corrected chi connectivity index (χ4v) is 2.09. The summed E-state index contributed by atoms with van der Waals surface area (Å²) in [6, 6.07) is 10.5. The van der Waals surface area contributed by atoms with Crippen LogP contribution in [0.25, 0.3) is 0 Å². The molecule has 1 aliphatic rings. The van der Waals surface area contributed by atoms with Gasteiger partial charge in [0.1, 0.15) is 0 Å². The van der Waals surface area contributed by atoms with Crippen molar-refractivity contribution < 1.29 is 5.11 Å². The van der Waals surface area contributed by atoms with Gasteiger partial charge in [0.2, 0.25) is 0 Å². The van der Waals surface area contributed by atoms with Crippen LogP contribution in [0.4, 0.5) is 0 Å². The maximum absolute atomic E-state index is 9.77. The Bertz CT molecular complexity index is 338. The molecule has 2 atom stereocenters. The minimum absolute atomic E-state index is 0.576. The molecule has 0 heterocycles. The molecule has 0 bridgehead atoms. The summed E-state index contributed by atoms with van der Waals surface area (Å²) < 4.78 is 0. The summed E-state index contributed by atoms with van der Waals surface area (Å²) in [5.41, 5.74) is 0.807. The lowest BCUT2D eigenvalue weighted by Gasteiger charge is -2.27. The van der Waals surface area contributed by atoms with Gasteiger partial charge in [-0.05, 0) is 37.7 Å². The van der Waals surface area contributed by atoms with Crippen LogP contribution in [-0.4, -0.2) is 10.7 Å². The molecule has 15 heavy (non-hydrogen) atoms. The molecule has 1 aromatic rings. The summed E-state index contributed by atoms with van der Waals surface area (Å²) in [5.74, 6) is 0.590. The first-order valence-corrected chi connectivity index (χ1v) is 5.61. The van der Waals surface area contributed by atoms with E-state index in [1.165, 1.54) is 5.56 Å². The summed E-state index contributed by atoms with van der Waals surface area (Å²) in [6.07, 6.45) is 7.16. The third-order valence-corrected chi connectivity index (χ3v) is 3.09. The lowest BCUT2D eigenvalue weighted by atomic mass is 9.83. The van der Waals surface area contributed by atoms with Crippen molar-refractivity contribution in [3.05, 3.63) is 48.0 Å². The highest BCUT2D eigenvalue weighted by Crippen LogP contribution is 2.27. The Labute approximate surface area is 91.4 Å². The minimum atomic E-state index is -0.576. The van der Waals surface area contributed by atoms with Gasteiger partial charge in [0, 0.05) is 0 Å². The number of benzene rings is 1. The van der Waals surface area contributed by atoms with E-state index in [-0.39, 0.29) is 0 Å². The zero-order chi connectivity index (χ0) is 10.7. The first kappa shape index (κ1) is 10.4. The second-order valence-corrected chi connectivity index (χ2v) is 4.70. The van der Waals surface area contributed by atoms with Crippen molar-refractivity contribution in [2.75, 3.05) is 0 Å². The first-order chi connectivity index (χ1) is 7.16. The molecule has 0 spiro atoms. The number of hydrogen-bond donors (Lipinski definition) is 1. The van der Waals surface area contributed by atoms with Crippen molar-refractivity contribution in [1.82, 2.24) is 0 Å². The molecule has 1 aliphatic carbocycles. The van der Waals surface area contributed by atoms with E-state index in [9.17, 15) is 5.11 Å². The van der Waals surface area contributed by atoms with Crippen molar-refractivity contribution >= 4 is 0 Å². The monoisotopic (exact) mass is 202 g/mol. The molecule has 0 amide bonds. The molecule has 0 saturated carbocycles. The largest absolute Gasteiger partial charge is 0.386 e. The number of allylic oxidation sites excluding steroid dienone is 1. The van der Waals surface area contributed by atoms with Gasteiger partial charge in [0.25, 0.3) is 0 Å². The summed E-state index contributed by atoms with van der Waals surface area (Å²) in [4.78, 5) is 0. The van der Waals surface area contributed by atoms with Crippen LogP contribution in [0, 0.1) is 5.92 Å². The van der Waals surface area contributed by atoms with Crippen molar-refractivity contribution in [3.63, 3.8) is 0 Å². The van der Waals surface area contributed by atoms with E-state index in [1.54, 1.807) is 0 Å². The third kappa shape index (κ3) is 2.93. The Kier molecular flexibility index (Phi) is 2.92. The van der Waals surface area contributed by atoms with Crippen LogP contribution < -0.4 is 0 Å². The van der Waals surface area contributed by atoms with Gasteiger partial charge in [-0.3, -0.25) is 0 Å². The molecule has 80 valence electrons. The van der Waals surface area contributed by atoms with Gasteiger partial charge >= 0.3 is 0 Å². The van der Waals surface area contributed by atoms with E-state index >= 15 is 0 Å². The number of rotatable bonds is 2. The Balaban J connectivity index is 1.98. The molecule has 1 aromatic carbocycles. The van der Waals surface area contributed by atoms with Gasteiger partial charge < -0.3 is 5.11 Å². The van der Waals surface area contributed by atoms with Crippen molar-refractivity contribution in [2.45, 2.75) is 31.8 Å². The van der Waals surface area contributed by atoms with E-state index in [2.05, 4.69) is 30.3 Å². The third-order valence-electron chi connectivity index (χ3n) is 3.09. The topological polar surface area (TPSA) is 20.2 Å². The first-order valence-electron chi connectivity index (χ1n) is 5.61. The molecular weight excluding hydrogens is 184 g/mol. The fourth-order valence-electron chi connectivity index (χ4n) is 2.09. The average molecular weight is 202 g/mol. The van der Waals surface area contributed by atoms with Gasteiger partial charge in [-0.2, -0.15) is 0 Å². The molecule has 0 aromatic heterocycles. The van der Waals surface area contributed by atoms with E-state index in [0.29, 0.717) is 5.92 Å². The van der Waals surface area contributed by atoms with Gasteiger partial charge in [-0.15, -0.1) is 0 Å². The molecular formula is C14H18O. The summed E-state index contributed by atoms with van der Waals surface area (Å²) in [7, 11) is 0. The van der Waals surface area contributed by atoms with Crippen LogP contribution in [0.5, 0.6) is 0 Å². The van der Waals surface area contributed by atoms with E-state index < -0.39 is 5.60 Å². The predicted molar refractivity (Wildman–Crippen MR) is 62.6 cm³/mol. The molecule has 0 fully saturated rings. The normalized spacial score (nSPS) is 30.4. The molecule has 1 N–H and O–H groups in total. The lowest BCUT2D eigenvalue weighted by molar-refractivity contribution is 0.0881. The standard InChI is InChI=1S/C14H18O/c1-14(15)9-7-13(8-10-14)11-12-5-3-2-4-6-12/h2-7,9,13,15H,8,10-11H2,1H3/t13-,14-/m1/s1. The van der Waals surface area contributed by atoms with Crippen LogP contribution in [0.2, 0.25) is 0 Å². The average Bonchev–Trinajstić information content (AvgIpc) is 2.23. The van der Waals surface area contributed by atoms with Crippen molar-refractivity contribution in [1.29, 1.82) is 0 Å². The maximum Gasteiger partial charge on any atom is 0.0800 e. The SMILES string of the molecule is C[C@@]1(O)C=C[C@@H](Cc2ccccc2)CC1. The molecule has 0 radical (unpaired) electrons. The second-order valence-electron chi connectivity index (χ2n) is 4.70. The van der Waals surface area contributed by atoms with E-state index in [1.807, 2.05) is 19.1 Å². The van der Waals surface area contributed by atoms with Gasteiger partial charge in [-0.1, -0.05) is 42.5 Å². The van der Waals surface area contributed by atoms with Gasteiger partial charge in [0.05, 0.1) is 5.60 Å². The van der Waals surface area contributed by atoms with Gasteiger partial charge in [-0.25, -0.2) is 0 Å². The van der Waals surface area contributed by atoms with Crippen LogP contribution >= 0.6 is 0 Å². The Hall–Kier alpha value is -1.08. The van der Waals surface area contributed by atoms with Crippen LogP contribution in [0.3, 0.4) is 0 Å². The lowest BCUT2D eigenvalue weighted by Crippen LogP contribution is -2.26. The molecule has 0 saturated heterocycles. The van der Waals surface area contributed by atoms with Crippen molar-refractivity contribution in [3.8, 4) is 0 Å². The van der Waals surface area contributed by atoms with E-state index in [0.717, 1.165) is 19.3 Å². The number of aliphatic hydroxyl groups is 1. The zero-order valence-electron chi connectivity index (χ0n) is 9.19. The molecule has 0 unspecified atom stereocenters. The zero-order valence-corrected chi connectivity index (χ0v) is 9.19. The minimum Gasteiger partial charge on any atom is -0.386 e. The molecule has 2 rings (SSSR count). The highest BCUT2D eigenvalue weighted by atomic mass is 16.3. The Morgan fingerprint density at radius 1 is 1.33 bits per heavy atom. The Morgan fingerprint density at radius 2 is 2.07 bits per heavy atom. The van der Waals surface area contributed by atoms with Crippen LogP contribution in [0.15, 0.2) is 42.5 Å². The fraction of sp³-hybridized carbons (Fsp3) is 0.429. The summed E-state index contributed by atoms with van der Waals surface area (Å²) in [5, 5.41) is 9.77. The van der Waals surface area contributed by atoms with E-state index in [4.69, 9.17) is 0 Å². The molecule has 1 nitrogen and oxygen atoms in total. The van der Waals surface area contributed by atoms with Crippen LogP contribution in [-0.2, 0) is 6.42 Å². The highest BCUT2D eigenvalue weighted by Gasteiger charge is 2.23. The predicted octanol–water partition coefficient (Wildman–Crippen LogP) is 2.95. The van der Waals surface area contributed by atoms with Crippen molar-refractivity contribution in [2.24, 2.45) is 5.92 Å².